The number of hydrogen-bond donors (Lipinski definition) is 0. The molecule has 0 N–H and O–H groups in total. The summed E-state index contributed by atoms with van der Waals surface area (Å²) in [5.41, 5.74) is 5.37. The zero-order valence-corrected chi connectivity index (χ0v) is 14.8. The topological polar surface area (TPSA) is 47.6 Å². The number of hydrogen-bond acceptors (Lipinski definition) is 2. The standard InChI is InChI=1S/C22H24N2/c1-15-11-16(2)21(17(3)12-15)19-8-6-10-22(13-23,14-24)20-9-5-4-7-18(19)20/h6,8-9,11-12,18-19H,4-5,7,10H2,1-3H3/t18-,19?/m0/s1. The third kappa shape index (κ3) is 2.57. The Bertz CT molecular complexity index is 761. The number of nitrogens with zero attached hydrogens (tertiary/aromatic N) is 2. The van der Waals surface area contributed by atoms with Crippen molar-refractivity contribution in [3.8, 4) is 12.1 Å². The van der Waals surface area contributed by atoms with E-state index in [-0.39, 0.29) is 11.8 Å². The van der Waals surface area contributed by atoms with Crippen LogP contribution in [0.4, 0.5) is 0 Å². The van der Waals surface area contributed by atoms with Gasteiger partial charge in [-0.15, -0.1) is 0 Å². The molecule has 2 heteroatoms. The molecular formula is C22H24N2. The number of benzene rings is 1. The minimum Gasteiger partial charge on any atom is -0.196 e. The molecule has 0 saturated carbocycles. The molecule has 0 amide bonds. The molecule has 0 spiro atoms. The van der Waals surface area contributed by atoms with Crippen molar-refractivity contribution in [2.45, 2.75) is 52.4 Å². The molecule has 122 valence electrons. The first kappa shape index (κ1) is 16.5. The predicted molar refractivity (Wildman–Crippen MR) is 96.2 cm³/mol. The van der Waals surface area contributed by atoms with Gasteiger partial charge in [-0.1, -0.05) is 35.9 Å². The van der Waals surface area contributed by atoms with Gasteiger partial charge in [-0.2, -0.15) is 10.5 Å². The van der Waals surface area contributed by atoms with Gasteiger partial charge in [0.25, 0.3) is 0 Å². The molecule has 0 saturated heterocycles. The van der Waals surface area contributed by atoms with E-state index in [1.165, 1.54) is 22.3 Å². The third-order valence-corrected chi connectivity index (χ3v) is 5.63. The molecule has 2 nitrogen and oxygen atoms in total. The molecule has 0 heterocycles. The van der Waals surface area contributed by atoms with Crippen molar-refractivity contribution in [1.29, 1.82) is 10.5 Å². The zero-order chi connectivity index (χ0) is 17.3. The Morgan fingerprint density at radius 3 is 2.38 bits per heavy atom. The Morgan fingerprint density at radius 1 is 1.08 bits per heavy atom. The summed E-state index contributed by atoms with van der Waals surface area (Å²) in [6.45, 7) is 6.50. The van der Waals surface area contributed by atoms with Gasteiger partial charge in [-0.05, 0) is 68.2 Å². The van der Waals surface area contributed by atoms with Gasteiger partial charge in [0.05, 0.1) is 12.1 Å². The Kier molecular flexibility index (Phi) is 4.33. The van der Waals surface area contributed by atoms with Gasteiger partial charge < -0.3 is 0 Å². The normalized spacial score (nSPS) is 25.0. The number of rotatable bonds is 1. The predicted octanol–water partition coefficient (Wildman–Crippen LogP) is 5.42. The van der Waals surface area contributed by atoms with Crippen LogP contribution in [0.25, 0.3) is 0 Å². The summed E-state index contributed by atoms with van der Waals surface area (Å²) in [5.74, 6) is 0.526. The Morgan fingerprint density at radius 2 is 1.75 bits per heavy atom. The lowest BCUT2D eigenvalue weighted by Gasteiger charge is -2.35. The van der Waals surface area contributed by atoms with E-state index in [4.69, 9.17) is 0 Å². The molecule has 2 aliphatic carbocycles. The van der Waals surface area contributed by atoms with E-state index >= 15 is 0 Å². The molecule has 1 unspecified atom stereocenters. The van der Waals surface area contributed by atoms with Crippen LogP contribution < -0.4 is 0 Å². The number of nitriles is 2. The SMILES string of the molecule is Cc1cc(C)c(C2C=CCC(C#N)(C#N)C3=CCCC[C@H]32)c(C)c1. The van der Waals surface area contributed by atoms with Gasteiger partial charge in [-0.25, -0.2) is 0 Å². The molecule has 0 aromatic heterocycles. The van der Waals surface area contributed by atoms with Crippen LogP contribution in [0.15, 0.2) is 35.9 Å². The van der Waals surface area contributed by atoms with Crippen LogP contribution in [0, 0.1) is 54.8 Å². The maximum absolute atomic E-state index is 9.76. The van der Waals surface area contributed by atoms with Crippen molar-refractivity contribution in [2.24, 2.45) is 11.3 Å². The quantitative estimate of drug-likeness (QED) is 0.650. The fraction of sp³-hybridized carbons (Fsp3) is 0.455. The fourth-order valence-electron chi connectivity index (χ4n) is 4.67. The van der Waals surface area contributed by atoms with E-state index in [2.05, 4.69) is 63.3 Å². The Labute approximate surface area is 145 Å². The maximum Gasteiger partial charge on any atom is 0.168 e. The van der Waals surface area contributed by atoms with Crippen LogP contribution in [0.1, 0.15) is 53.9 Å². The van der Waals surface area contributed by atoms with Crippen LogP contribution in [0.5, 0.6) is 0 Å². The summed E-state index contributed by atoms with van der Waals surface area (Å²) in [5, 5.41) is 19.5. The molecular weight excluding hydrogens is 292 g/mol. The second kappa shape index (κ2) is 6.29. The lowest BCUT2D eigenvalue weighted by molar-refractivity contribution is 0.415. The van der Waals surface area contributed by atoms with Crippen LogP contribution in [-0.2, 0) is 0 Å². The third-order valence-electron chi connectivity index (χ3n) is 5.63. The second-order valence-corrected chi connectivity index (χ2v) is 7.30. The number of fused-ring (bicyclic) bond motifs is 1. The summed E-state index contributed by atoms with van der Waals surface area (Å²) in [6.07, 6.45) is 10.2. The van der Waals surface area contributed by atoms with Crippen LogP contribution in [-0.4, -0.2) is 0 Å². The van der Waals surface area contributed by atoms with Crippen LogP contribution in [0.3, 0.4) is 0 Å². The first-order chi connectivity index (χ1) is 11.5. The van der Waals surface area contributed by atoms with Crippen molar-refractivity contribution in [1.82, 2.24) is 0 Å². The molecule has 0 radical (unpaired) electrons. The van der Waals surface area contributed by atoms with Crippen LogP contribution in [0.2, 0.25) is 0 Å². The molecule has 0 bridgehead atoms. The van der Waals surface area contributed by atoms with E-state index < -0.39 is 5.41 Å². The molecule has 2 aliphatic rings. The van der Waals surface area contributed by atoms with Gasteiger partial charge in [0.15, 0.2) is 5.41 Å². The first-order valence-corrected chi connectivity index (χ1v) is 8.80. The smallest absolute Gasteiger partial charge is 0.168 e. The molecule has 0 fully saturated rings. The highest BCUT2D eigenvalue weighted by atomic mass is 14.5. The van der Waals surface area contributed by atoms with Gasteiger partial charge in [-0.3, -0.25) is 0 Å². The monoisotopic (exact) mass is 316 g/mol. The van der Waals surface area contributed by atoms with Crippen molar-refractivity contribution in [3.05, 3.63) is 58.2 Å². The molecule has 1 aromatic carbocycles. The van der Waals surface area contributed by atoms with Crippen molar-refractivity contribution >= 4 is 0 Å². The van der Waals surface area contributed by atoms with E-state index in [0.29, 0.717) is 6.42 Å². The fourth-order valence-corrected chi connectivity index (χ4v) is 4.67. The number of allylic oxidation sites excluding steroid dienone is 4. The van der Waals surface area contributed by atoms with Gasteiger partial charge >= 0.3 is 0 Å². The summed E-state index contributed by atoms with van der Waals surface area (Å²) in [4.78, 5) is 0. The van der Waals surface area contributed by atoms with Crippen molar-refractivity contribution < 1.29 is 0 Å². The summed E-state index contributed by atoms with van der Waals surface area (Å²) >= 11 is 0. The highest BCUT2D eigenvalue weighted by molar-refractivity contribution is 5.47. The first-order valence-electron chi connectivity index (χ1n) is 8.80. The van der Waals surface area contributed by atoms with E-state index in [9.17, 15) is 10.5 Å². The largest absolute Gasteiger partial charge is 0.196 e. The highest BCUT2D eigenvalue weighted by Crippen LogP contribution is 2.50. The number of aryl methyl sites for hydroxylation is 3. The second-order valence-electron chi connectivity index (χ2n) is 7.30. The molecule has 24 heavy (non-hydrogen) atoms. The minimum absolute atomic E-state index is 0.261. The molecule has 2 atom stereocenters. The Balaban J connectivity index is 2.16. The van der Waals surface area contributed by atoms with Gasteiger partial charge in [0, 0.05) is 12.3 Å². The van der Waals surface area contributed by atoms with E-state index in [1.807, 2.05) is 0 Å². The summed E-state index contributed by atoms with van der Waals surface area (Å²) < 4.78 is 0. The van der Waals surface area contributed by atoms with Crippen LogP contribution >= 0.6 is 0 Å². The highest BCUT2D eigenvalue weighted by Gasteiger charge is 2.43. The lowest BCUT2D eigenvalue weighted by atomic mass is 9.66. The minimum atomic E-state index is -0.983. The summed E-state index contributed by atoms with van der Waals surface area (Å²) in [6, 6.07) is 9.16. The summed E-state index contributed by atoms with van der Waals surface area (Å²) in [7, 11) is 0. The van der Waals surface area contributed by atoms with E-state index in [1.54, 1.807) is 0 Å². The van der Waals surface area contributed by atoms with E-state index in [0.717, 1.165) is 24.8 Å². The van der Waals surface area contributed by atoms with Gasteiger partial charge in [0.1, 0.15) is 0 Å². The lowest BCUT2D eigenvalue weighted by Crippen LogP contribution is -2.28. The average molecular weight is 316 g/mol. The zero-order valence-electron chi connectivity index (χ0n) is 14.8. The molecule has 3 rings (SSSR count). The van der Waals surface area contributed by atoms with Gasteiger partial charge in [0.2, 0.25) is 0 Å². The molecule has 0 aliphatic heterocycles. The van der Waals surface area contributed by atoms with Crippen molar-refractivity contribution in [3.63, 3.8) is 0 Å². The molecule has 1 aromatic rings. The average Bonchev–Trinajstić information content (AvgIpc) is 2.72. The Hall–Kier alpha value is -2.32. The van der Waals surface area contributed by atoms with Crippen molar-refractivity contribution in [2.75, 3.05) is 0 Å². The maximum atomic E-state index is 9.76.